The molecule has 0 radical (unpaired) electrons. The van der Waals surface area contributed by atoms with Crippen LogP contribution in [0.2, 0.25) is 0 Å². The third kappa shape index (κ3) is 3.41. The monoisotopic (exact) mass is 374 g/mol. The highest BCUT2D eigenvalue weighted by Crippen LogP contribution is 2.32. The predicted molar refractivity (Wildman–Crippen MR) is 111 cm³/mol. The maximum absolute atomic E-state index is 12.8. The lowest BCUT2D eigenvalue weighted by atomic mass is 10.1. The summed E-state index contributed by atoms with van der Waals surface area (Å²) in [6, 6.07) is 19.4. The maximum atomic E-state index is 12.8. The zero-order chi connectivity index (χ0) is 18.8. The number of amides is 1. The van der Waals surface area contributed by atoms with Crippen molar-refractivity contribution in [2.75, 3.05) is 12.4 Å². The van der Waals surface area contributed by atoms with Crippen LogP contribution in [-0.2, 0) is 0 Å². The first-order valence-corrected chi connectivity index (χ1v) is 9.37. The second-order valence-electron chi connectivity index (χ2n) is 6.14. The van der Waals surface area contributed by atoms with Crippen LogP contribution in [0.4, 0.5) is 5.69 Å². The number of hydrogen-bond acceptors (Lipinski definition) is 4. The molecule has 0 saturated carbocycles. The van der Waals surface area contributed by atoms with Gasteiger partial charge in [0, 0.05) is 16.5 Å². The van der Waals surface area contributed by atoms with Gasteiger partial charge in [0.25, 0.3) is 5.91 Å². The molecule has 1 amide bonds. The number of hydrogen-bond donors (Lipinski definition) is 1. The van der Waals surface area contributed by atoms with Gasteiger partial charge in [0.05, 0.1) is 23.2 Å². The molecule has 2 heterocycles. The van der Waals surface area contributed by atoms with Crippen LogP contribution in [0.15, 0.2) is 66.9 Å². The Bertz CT molecular complexity index is 1110. The lowest BCUT2D eigenvalue weighted by Crippen LogP contribution is -2.10. The number of fused-ring (bicyclic) bond motifs is 1. The molecule has 0 aliphatic rings. The fraction of sp³-hybridized carbons (Fsp3) is 0.0909. The summed E-state index contributed by atoms with van der Waals surface area (Å²) in [5.41, 5.74) is 3.63. The number of thiophene rings is 1. The summed E-state index contributed by atoms with van der Waals surface area (Å²) in [7, 11) is 1.65. The number of para-hydroxylation sites is 1. The fourth-order valence-corrected chi connectivity index (χ4v) is 3.98. The lowest BCUT2D eigenvalue weighted by Gasteiger charge is -2.06. The minimum absolute atomic E-state index is 0.124. The van der Waals surface area contributed by atoms with Crippen molar-refractivity contribution >= 4 is 33.8 Å². The molecule has 0 spiro atoms. The highest BCUT2D eigenvalue weighted by atomic mass is 32.1. The molecule has 134 valence electrons. The number of benzene rings is 2. The van der Waals surface area contributed by atoms with Gasteiger partial charge in [0.15, 0.2) is 0 Å². The van der Waals surface area contributed by atoms with Gasteiger partial charge in [-0.15, -0.1) is 11.3 Å². The van der Waals surface area contributed by atoms with Crippen LogP contribution in [0.25, 0.3) is 22.0 Å². The van der Waals surface area contributed by atoms with Crippen LogP contribution in [-0.4, -0.2) is 18.0 Å². The number of aryl methyl sites for hydroxylation is 1. The number of rotatable bonds is 4. The quantitative estimate of drug-likeness (QED) is 0.511. The number of anilines is 1. The zero-order valence-electron chi connectivity index (χ0n) is 15.0. The van der Waals surface area contributed by atoms with Crippen LogP contribution < -0.4 is 10.1 Å². The standard InChI is InChI=1S/C22H18N2O2S/c1-14-18(15-8-10-17(26-2)11-9-15)13-20(27-14)22(25)24-19-7-3-5-16-6-4-12-23-21(16)19/h3-13H,1-2H3,(H,24,25). The Hall–Kier alpha value is -3.18. The maximum Gasteiger partial charge on any atom is 0.265 e. The number of aromatic nitrogens is 1. The molecule has 4 rings (SSSR count). The van der Waals surface area contributed by atoms with Crippen molar-refractivity contribution < 1.29 is 9.53 Å². The highest BCUT2D eigenvalue weighted by molar-refractivity contribution is 7.14. The molecule has 0 aliphatic carbocycles. The number of carbonyl (C=O) groups excluding carboxylic acids is 1. The summed E-state index contributed by atoms with van der Waals surface area (Å²) in [5, 5.41) is 4.00. The second kappa shape index (κ2) is 7.21. The topological polar surface area (TPSA) is 51.2 Å². The van der Waals surface area contributed by atoms with Crippen molar-refractivity contribution in [3.8, 4) is 16.9 Å². The van der Waals surface area contributed by atoms with E-state index in [0.717, 1.165) is 38.3 Å². The average molecular weight is 374 g/mol. The molecule has 0 fully saturated rings. The normalized spacial score (nSPS) is 10.7. The molecule has 5 heteroatoms. The summed E-state index contributed by atoms with van der Waals surface area (Å²) >= 11 is 1.49. The Balaban J connectivity index is 1.62. The first kappa shape index (κ1) is 17.2. The van der Waals surface area contributed by atoms with E-state index in [2.05, 4.69) is 10.3 Å². The minimum atomic E-state index is -0.124. The van der Waals surface area contributed by atoms with E-state index in [0.29, 0.717) is 4.88 Å². The van der Waals surface area contributed by atoms with Gasteiger partial charge in [-0.2, -0.15) is 0 Å². The SMILES string of the molecule is COc1ccc(-c2cc(C(=O)Nc3cccc4cccnc34)sc2C)cc1. The minimum Gasteiger partial charge on any atom is -0.497 e. The average Bonchev–Trinajstić information content (AvgIpc) is 3.10. The van der Waals surface area contributed by atoms with Gasteiger partial charge in [-0.1, -0.05) is 30.3 Å². The van der Waals surface area contributed by atoms with E-state index >= 15 is 0 Å². The third-order valence-corrected chi connectivity index (χ3v) is 5.47. The van der Waals surface area contributed by atoms with E-state index < -0.39 is 0 Å². The van der Waals surface area contributed by atoms with E-state index in [9.17, 15) is 4.79 Å². The summed E-state index contributed by atoms with van der Waals surface area (Å²) in [4.78, 5) is 19.0. The number of nitrogens with one attached hydrogen (secondary N) is 1. The van der Waals surface area contributed by atoms with E-state index in [1.54, 1.807) is 13.3 Å². The Morgan fingerprint density at radius 2 is 1.85 bits per heavy atom. The van der Waals surface area contributed by atoms with Crippen LogP contribution >= 0.6 is 11.3 Å². The van der Waals surface area contributed by atoms with Crippen molar-refractivity contribution in [3.05, 3.63) is 76.6 Å². The van der Waals surface area contributed by atoms with Gasteiger partial charge >= 0.3 is 0 Å². The molecule has 27 heavy (non-hydrogen) atoms. The van der Waals surface area contributed by atoms with Crippen LogP contribution in [0.5, 0.6) is 5.75 Å². The fourth-order valence-electron chi connectivity index (χ4n) is 3.04. The van der Waals surface area contributed by atoms with E-state index in [1.807, 2.05) is 67.6 Å². The molecule has 4 aromatic rings. The Kier molecular flexibility index (Phi) is 4.60. The largest absolute Gasteiger partial charge is 0.497 e. The lowest BCUT2D eigenvalue weighted by molar-refractivity contribution is 0.103. The summed E-state index contributed by atoms with van der Waals surface area (Å²) in [5.74, 6) is 0.689. The van der Waals surface area contributed by atoms with Gasteiger partial charge in [-0.3, -0.25) is 9.78 Å². The predicted octanol–water partition coefficient (Wildman–Crippen LogP) is 5.53. The van der Waals surface area contributed by atoms with Gasteiger partial charge in [-0.25, -0.2) is 0 Å². The number of pyridine rings is 1. The third-order valence-electron chi connectivity index (χ3n) is 4.42. The van der Waals surface area contributed by atoms with Crippen molar-refractivity contribution in [2.24, 2.45) is 0 Å². The Morgan fingerprint density at radius 1 is 1.07 bits per heavy atom. The van der Waals surface area contributed by atoms with E-state index in [4.69, 9.17) is 4.74 Å². The van der Waals surface area contributed by atoms with Gasteiger partial charge in [-0.05, 0) is 48.4 Å². The van der Waals surface area contributed by atoms with E-state index in [-0.39, 0.29) is 5.91 Å². The van der Waals surface area contributed by atoms with Gasteiger partial charge in [0.2, 0.25) is 0 Å². The van der Waals surface area contributed by atoms with Crippen molar-refractivity contribution in [1.29, 1.82) is 0 Å². The van der Waals surface area contributed by atoms with Crippen LogP contribution in [0.3, 0.4) is 0 Å². The Morgan fingerprint density at radius 3 is 2.63 bits per heavy atom. The molecule has 4 nitrogen and oxygen atoms in total. The first-order valence-electron chi connectivity index (χ1n) is 8.55. The molecule has 0 atom stereocenters. The molecule has 0 unspecified atom stereocenters. The molecular weight excluding hydrogens is 356 g/mol. The second-order valence-corrected chi connectivity index (χ2v) is 7.40. The molecule has 2 aromatic carbocycles. The molecular formula is C22H18N2O2S. The molecule has 0 bridgehead atoms. The van der Waals surface area contributed by atoms with Gasteiger partial charge < -0.3 is 10.1 Å². The van der Waals surface area contributed by atoms with Gasteiger partial charge in [0.1, 0.15) is 5.75 Å². The smallest absolute Gasteiger partial charge is 0.265 e. The molecule has 1 N–H and O–H groups in total. The van der Waals surface area contributed by atoms with Crippen molar-refractivity contribution in [1.82, 2.24) is 4.98 Å². The number of ether oxygens (including phenoxy) is 1. The number of nitrogens with zero attached hydrogens (tertiary/aromatic N) is 1. The van der Waals surface area contributed by atoms with Crippen LogP contribution in [0.1, 0.15) is 14.5 Å². The molecule has 0 aliphatic heterocycles. The zero-order valence-corrected chi connectivity index (χ0v) is 15.8. The van der Waals surface area contributed by atoms with Crippen molar-refractivity contribution in [2.45, 2.75) is 6.92 Å². The number of methoxy groups -OCH3 is 1. The van der Waals surface area contributed by atoms with E-state index in [1.165, 1.54) is 11.3 Å². The Labute approximate surface area is 161 Å². The highest BCUT2D eigenvalue weighted by Gasteiger charge is 2.15. The molecule has 2 aromatic heterocycles. The van der Waals surface area contributed by atoms with Crippen molar-refractivity contribution in [3.63, 3.8) is 0 Å². The van der Waals surface area contributed by atoms with Crippen LogP contribution in [0, 0.1) is 6.92 Å². The molecule has 0 saturated heterocycles. The summed E-state index contributed by atoms with van der Waals surface area (Å²) in [6.07, 6.45) is 1.73. The summed E-state index contributed by atoms with van der Waals surface area (Å²) in [6.45, 7) is 2.03. The first-order chi connectivity index (χ1) is 13.2. The number of carbonyl (C=O) groups is 1. The summed E-state index contributed by atoms with van der Waals surface area (Å²) < 4.78 is 5.21.